The molecule has 0 amide bonds. The summed E-state index contributed by atoms with van der Waals surface area (Å²) < 4.78 is 0. The maximum Gasteiger partial charge on any atom is 0.116 e. The monoisotopic (exact) mass is 505 g/mol. The van der Waals surface area contributed by atoms with Crippen molar-refractivity contribution in [3.63, 3.8) is 0 Å². The van der Waals surface area contributed by atoms with Crippen molar-refractivity contribution in [2.45, 2.75) is 54.6 Å². The molecule has 1 aliphatic rings. The first-order valence-electron chi connectivity index (χ1n) is 13.6. The number of aromatic nitrogens is 3. The molecule has 5 rings (SSSR count). The third-order valence-corrected chi connectivity index (χ3v) is 8.25. The van der Waals surface area contributed by atoms with E-state index in [2.05, 4.69) is 109 Å². The Morgan fingerprint density at radius 3 is 1.63 bits per heavy atom. The molecule has 0 spiro atoms. The van der Waals surface area contributed by atoms with Crippen molar-refractivity contribution < 1.29 is 0 Å². The van der Waals surface area contributed by atoms with Crippen molar-refractivity contribution in [3.05, 3.63) is 99.6 Å². The molecule has 38 heavy (non-hydrogen) atoms. The lowest BCUT2D eigenvalue weighted by molar-refractivity contribution is 0.121. The molecule has 0 N–H and O–H groups in total. The Kier molecular flexibility index (Phi) is 7.68. The molecule has 0 aliphatic carbocycles. The lowest BCUT2D eigenvalue weighted by atomic mass is 9.98. The summed E-state index contributed by atoms with van der Waals surface area (Å²) in [6.45, 7) is 19.1. The van der Waals surface area contributed by atoms with Gasteiger partial charge in [0.05, 0.1) is 17.1 Å². The van der Waals surface area contributed by atoms with Gasteiger partial charge in [-0.25, -0.2) is 9.97 Å². The van der Waals surface area contributed by atoms with Gasteiger partial charge >= 0.3 is 0 Å². The summed E-state index contributed by atoms with van der Waals surface area (Å²) in [6, 6.07) is 15.5. The zero-order valence-corrected chi connectivity index (χ0v) is 23.7. The molecule has 5 heteroatoms. The van der Waals surface area contributed by atoms with Crippen molar-refractivity contribution in [3.8, 4) is 22.5 Å². The third-order valence-electron chi connectivity index (χ3n) is 8.25. The van der Waals surface area contributed by atoms with Gasteiger partial charge < -0.3 is 0 Å². The maximum atomic E-state index is 4.68. The summed E-state index contributed by atoms with van der Waals surface area (Å²) in [6.07, 6.45) is 3.67. The fourth-order valence-electron chi connectivity index (χ4n) is 5.33. The first-order chi connectivity index (χ1) is 18.3. The van der Waals surface area contributed by atoms with Crippen LogP contribution in [0.2, 0.25) is 0 Å². The summed E-state index contributed by atoms with van der Waals surface area (Å²) >= 11 is 0. The average Bonchev–Trinajstić information content (AvgIpc) is 2.91. The summed E-state index contributed by atoms with van der Waals surface area (Å²) in [4.78, 5) is 18.9. The van der Waals surface area contributed by atoms with E-state index in [0.717, 1.165) is 56.4 Å². The molecular weight excluding hydrogens is 466 g/mol. The molecule has 4 aromatic rings. The van der Waals surface area contributed by atoms with Crippen molar-refractivity contribution >= 4 is 0 Å². The molecule has 196 valence electrons. The van der Waals surface area contributed by atoms with E-state index in [1.807, 2.05) is 6.20 Å². The molecular formula is C33H39N5. The molecule has 2 aromatic carbocycles. The fraction of sp³-hybridized carbons (Fsp3) is 0.364. The number of pyridine rings is 1. The van der Waals surface area contributed by atoms with Gasteiger partial charge in [-0.15, -0.1) is 0 Å². The number of aryl methyl sites for hydroxylation is 4. The van der Waals surface area contributed by atoms with Gasteiger partial charge in [0.1, 0.15) is 6.33 Å². The molecule has 0 saturated carbocycles. The van der Waals surface area contributed by atoms with Gasteiger partial charge in [0.15, 0.2) is 0 Å². The zero-order chi connectivity index (χ0) is 26.8. The predicted octanol–water partition coefficient (Wildman–Crippen LogP) is 6.37. The Morgan fingerprint density at radius 2 is 1.08 bits per heavy atom. The Hall–Kier alpha value is -3.41. The average molecular weight is 506 g/mol. The van der Waals surface area contributed by atoms with Gasteiger partial charge in [-0.3, -0.25) is 14.8 Å². The number of piperazine rings is 1. The van der Waals surface area contributed by atoms with Crippen LogP contribution in [0.4, 0.5) is 0 Å². The summed E-state index contributed by atoms with van der Waals surface area (Å²) in [7, 11) is 0. The summed E-state index contributed by atoms with van der Waals surface area (Å²) in [5.74, 6) is 0. The number of hydrogen-bond donors (Lipinski definition) is 0. The van der Waals surface area contributed by atoms with Crippen molar-refractivity contribution in [1.82, 2.24) is 24.8 Å². The predicted molar refractivity (Wildman–Crippen MR) is 156 cm³/mol. The van der Waals surface area contributed by atoms with E-state index in [-0.39, 0.29) is 0 Å². The van der Waals surface area contributed by atoms with E-state index in [4.69, 9.17) is 0 Å². The van der Waals surface area contributed by atoms with E-state index in [0.29, 0.717) is 0 Å². The first-order valence-corrected chi connectivity index (χ1v) is 13.6. The Bertz CT molecular complexity index is 1290. The Balaban J connectivity index is 1.20. The van der Waals surface area contributed by atoms with Crippen LogP contribution >= 0.6 is 0 Å². The molecule has 1 saturated heterocycles. The third kappa shape index (κ3) is 5.85. The van der Waals surface area contributed by atoms with Crippen LogP contribution in [0.25, 0.3) is 22.5 Å². The van der Waals surface area contributed by atoms with Crippen LogP contribution in [0.15, 0.2) is 55.0 Å². The molecule has 0 atom stereocenters. The number of benzene rings is 2. The maximum absolute atomic E-state index is 4.68. The number of nitrogens with zero attached hydrogens (tertiary/aromatic N) is 5. The van der Waals surface area contributed by atoms with E-state index in [1.54, 1.807) is 6.33 Å². The minimum atomic E-state index is 0.860. The SMILES string of the molecule is Cc1cc(-c2cc(CN3CCN(Cc4cc(-c5cc(C)c(C)c(C)c5)ncn4)CC3)ccn2)cc(C)c1C. The second-order valence-corrected chi connectivity index (χ2v) is 11.0. The van der Waals surface area contributed by atoms with Gasteiger partial charge in [-0.05, 0) is 123 Å². The highest BCUT2D eigenvalue weighted by atomic mass is 15.3. The fourth-order valence-corrected chi connectivity index (χ4v) is 5.33. The van der Waals surface area contributed by atoms with Crippen molar-refractivity contribution in [2.24, 2.45) is 0 Å². The zero-order valence-electron chi connectivity index (χ0n) is 23.7. The van der Waals surface area contributed by atoms with E-state index in [9.17, 15) is 0 Å². The highest BCUT2D eigenvalue weighted by Gasteiger charge is 2.18. The standard InChI is InChI=1S/C33H39N5/c1-22-13-29(14-23(2)26(22)5)32-17-28(7-8-34-32)19-37-9-11-38(12-10-37)20-31-18-33(36-21-35-31)30-15-24(3)27(6)25(4)16-30/h7-8,13-18,21H,9-12,19-20H2,1-6H3. The second kappa shape index (κ2) is 11.1. The smallest absolute Gasteiger partial charge is 0.116 e. The van der Waals surface area contributed by atoms with Crippen LogP contribution in [0.3, 0.4) is 0 Å². The van der Waals surface area contributed by atoms with Crippen LogP contribution in [0.5, 0.6) is 0 Å². The minimum absolute atomic E-state index is 0.860. The molecule has 1 aliphatic heterocycles. The van der Waals surface area contributed by atoms with Gasteiger partial charge in [0.2, 0.25) is 0 Å². The van der Waals surface area contributed by atoms with Crippen LogP contribution in [0.1, 0.15) is 44.6 Å². The quantitative estimate of drug-likeness (QED) is 0.304. The highest BCUT2D eigenvalue weighted by Crippen LogP contribution is 2.26. The van der Waals surface area contributed by atoms with E-state index < -0.39 is 0 Å². The second-order valence-electron chi connectivity index (χ2n) is 11.0. The molecule has 0 bridgehead atoms. The Labute approximate surface area is 227 Å². The van der Waals surface area contributed by atoms with Gasteiger partial charge in [-0.2, -0.15) is 0 Å². The number of rotatable bonds is 6. The first kappa shape index (κ1) is 26.2. The molecule has 2 aromatic heterocycles. The molecule has 0 radical (unpaired) electrons. The molecule has 0 unspecified atom stereocenters. The topological polar surface area (TPSA) is 45.2 Å². The van der Waals surface area contributed by atoms with Crippen LogP contribution in [-0.2, 0) is 13.1 Å². The van der Waals surface area contributed by atoms with Crippen molar-refractivity contribution in [2.75, 3.05) is 26.2 Å². The van der Waals surface area contributed by atoms with Crippen LogP contribution in [-0.4, -0.2) is 50.9 Å². The normalized spacial score (nSPS) is 14.7. The van der Waals surface area contributed by atoms with E-state index >= 15 is 0 Å². The minimum Gasteiger partial charge on any atom is -0.297 e. The number of hydrogen-bond acceptors (Lipinski definition) is 5. The van der Waals surface area contributed by atoms with Crippen LogP contribution in [0, 0.1) is 41.5 Å². The Morgan fingerprint density at radius 1 is 0.579 bits per heavy atom. The van der Waals surface area contributed by atoms with Gasteiger partial charge in [-0.1, -0.05) is 0 Å². The van der Waals surface area contributed by atoms with Gasteiger partial charge in [0.25, 0.3) is 0 Å². The molecule has 5 nitrogen and oxygen atoms in total. The molecule has 3 heterocycles. The highest BCUT2D eigenvalue weighted by molar-refractivity contribution is 5.64. The molecule has 1 fully saturated rings. The summed E-state index contributed by atoms with van der Waals surface area (Å²) in [5, 5.41) is 0. The van der Waals surface area contributed by atoms with E-state index in [1.165, 1.54) is 50.1 Å². The lowest BCUT2D eigenvalue weighted by Gasteiger charge is -2.34. The largest absolute Gasteiger partial charge is 0.297 e. The lowest BCUT2D eigenvalue weighted by Crippen LogP contribution is -2.45. The van der Waals surface area contributed by atoms with Gasteiger partial charge in [0, 0.05) is 56.6 Å². The van der Waals surface area contributed by atoms with Crippen LogP contribution < -0.4 is 0 Å². The van der Waals surface area contributed by atoms with Crippen molar-refractivity contribution in [1.29, 1.82) is 0 Å². The summed E-state index contributed by atoms with van der Waals surface area (Å²) in [5.41, 5.74) is 14.8.